The summed E-state index contributed by atoms with van der Waals surface area (Å²) in [4.78, 5) is 82.6. The molecule has 10 atom stereocenters. The Labute approximate surface area is 360 Å². The van der Waals surface area contributed by atoms with Gasteiger partial charge in [-0.25, -0.2) is 9.59 Å². The molecule has 0 aromatic heterocycles. The topological polar surface area (TPSA) is 189 Å². The predicted octanol–water partition coefficient (Wildman–Crippen LogP) is 6.39. The largest absolute Gasteiger partial charge is 0.459 e. The zero-order valence-electron chi connectivity index (χ0n) is 35.8. The molecule has 328 valence electrons. The first-order valence-electron chi connectivity index (χ1n) is 21.1. The van der Waals surface area contributed by atoms with Gasteiger partial charge < -0.3 is 33.9 Å². The summed E-state index contributed by atoms with van der Waals surface area (Å²) in [6, 6.07) is 24.8. The third kappa shape index (κ3) is 7.74. The van der Waals surface area contributed by atoms with E-state index in [9.17, 15) is 39.0 Å². The van der Waals surface area contributed by atoms with Gasteiger partial charge in [0.1, 0.15) is 29.5 Å². The van der Waals surface area contributed by atoms with E-state index in [0.29, 0.717) is 30.4 Å². The SMILES string of the molecule is CC(=O)O[C@@H]1C2=C(C)[C@@H](OC(=O)[C@H](O)[C@@H](C(=O)c3ccccc3)c3ccccc3)C[C@@](O)([C@@H](OC(=O)c3ccccc3)C3[C@@]4(CCC[C@@]3(C)[C@H]1OC(C)=O)CCC(=O)O4)C2(C)C. The Hall–Kier alpha value is -5.66. The fourth-order valence-electron chi connectivity index (χ4n) is 11.1. The van der Waals surface area contributed by atoms with Crippen molar-refractivity contribution in [2.24, 2.45) is 16.7 Å². The maximum absolute atomic E-state index is 14.5. The van der Waals surface area contributed by atoms with Crippen molar-refractivity contribution in [2.45, 2.75) is 128 Å². The summed E-state index contributed by atoms with van der Waals surface area (Å²) in [7, 11) is 0. The molecule has 13 heteroatoms. The van der Waals surface area contributed by atoms with Crippen molar-refractivity contribution >= 4 is 35.6 Å². The van der Waals surface area contributed by atoms with E-state index < -0.39 is 106 Å². The minimum absolute atomic E-state index is 0.0338. The number of hydrogen-bond acceptors (Lipinski definition) is 13. The van der Waals surface area contributed by atoms with Crippen molar-refractivity contribution < 1.29 is 62.7 Å². The average Bonchev–Trinajstić information content (AvgIpc) is 3.60. The van der Waals surface area contributed by atoms with Crippen LogP contribution in [0.15, 0.2) is 102 Å². The van der Waals surface area contributed by atoms with Crippen LogP contribution in [0.3, 0.4) is 0 Å². The number of aliphatic hydroxyl groups is 2. The number of Topliss-reactive ketones (excluding diaryl/α,β-unsaturated/α-hetero) is 1. The molecule has 1 heterocycles. The Morgan fingerprint density at radius 3 is 1.89 bits per heavy atom. The van der Waals surface area contributed by atoms with Crippen LogP contribution in [0.5, 0.6) is 0 Å². The Kier molecular flexibility index (Phi) is 12.1. The van der Waals surface area contributed by atoms with E-state index in [1.807, 2.05) is 6.92 Å². The summed E-state index contributed by atoms with van der Waals surface area (Å²) in [5.41, 5.74) is -5.00. The molecule has 0 amide bonds. The van der Waals surface area contributed by atoms with Crippen molar-refractivity contribution in [1.29, 1.82) is 0 Å². The van der Waals surface area contributed by atoms with Gasteiger partial charge >= 0.3 is 29.8 Å². The van der Waals surface area contributed by atoms with E-state index in [-0.39, 0.29) is 29.5 Å². The van der Waals surface area contributed by atoms with E-state index in [2.05, 4.69) is 0 Å². The molecule has 3 aromatic rings. The number of fused-ring (bicyclic) bond motifs is 4. The van der Waals surface area contributed by atoms with Crippen LogP contribution in [0.4, 0.5) is 0 Å². The Morgan fingerprint density at radius 1 is 0.742 bits per heavy atom. The normalized spacial score (nSPS) is 31.0. The summed E-state index contributed by atoms with van der Waals surface area (Å²) >= 11 is 0. The molecule has 1 unspecified atom stereocenters. The lowest BCUT2D eigenvalue weighted by atomic mass is 9.45. The molecule has 0 radical (unpaired) electrons. The molecule has 3 aromatic carbocycles. The number of esters is 5. The molecule has 3 fully saturated rings. The summed E-state index contributed by atoms with van der Waals surface area (Å²) in [6.45, 7) is 9.25. The molecular formula is C49H54O13. The fourth-order valence-corrected chi connectivity index (χ4v) is 11.1. The predicted molar refractivity (Wildman–Crippen MR) is 222 cm³/mol. The number of ether oxygens (including phenoxy) is 5. The highest BCUT2D eigenvalue weighted by atomic mass is 16.6. The van der Waals surface area contributed by atoms with Crippen molar-refractivity contribution in [1.82, 2.24) is 0 Å². The zero-order valence-corrected chi connectivity index (χ0v) is 35.8. The monoisotopic (exact) mass is 850 g/mol. The van der Waals surface area contributed by atoms with Gasteiger partial charge in [-0.2, -0.15) is 0 Å². The molecule has 2 bridgehead atoms. The van der Waals surface area contributed by atoms with Gasteiger partial charge in [0.25, 0.3) is 0 Å². The van der Waals surface area contributed by atoms with Crippen LogP contribution < -0.4 is 0 Å². The summed E-state index contributed by atoms with van der Waals surface area (Å²) in [6.07, 6.45) is -6.74. The number of rotatable bonds is 10. The molecule has 4 aliphatic rings. The van der Waals surface area contributed by atoms with Gasteiger partial charge in [-0.1, -0.05) is 99.6 Å². The highest BCUT2D eigenvalue weighted by Crippen LogP contribution is 2.65. The summed E-state index contributed by atoms with van der Waals surface area (Å²) in [5.74, 6) is -6.94. The third-order valence-corrected chi connectivity index (χ3v) is 13.9. The maximum Gasteiger partial charge on any atom is 0.338 e. The van der Waals surface area contributed by atoms with E-state index >= 15 is 0 Å². The van der Waals surface area contributed by atoms with Gasteiger partial charge in [-0.05, 0) is 61.4 Å². The van der Waals surface area contributed by atoms with Crippen LogP contribution in [0.25, 0.3) is 0 Å². The molecule has 3 aliphatic carbocycles. The maximum atomic E-state index is 14.5. The van der Waals surface area contributed by atoms with Crippen LogP contribution in [0.1, 0.15) is 112 Å². The van der Waals surface area contributed by atoms with Crippen LogP contribution in [0, 0.1) is 16.7 Å². The third-order valence-electron chi connectivity index (χ3n) is 13.9. The van der Waals surface area contributed by atoms with Crippen LogP contribution >= 0.6 is 0 Å². The molecule has 2 saturated carbocycles. The van der Waals surface area contributed by atoms with E-state index in [4.69, 9.17) is 23.7 Å². The summed E-state index contributed by atoms with van der Waals surface area (Å²) in [5, 5.41) is 25.7. The molecule has 1 aliphatic heterocycles. The van der Waals surface area contributed by atoms with Crippen LogP contribution in [0.2, 0.25) is 0 Å². The summed E-state index contributed by atoms with van der Waals surface area (Å²) < 4.78 is 31.5. The molecule has 1 spiro atoms. The molecule has 7 rings (SSSR count). The van der Waals surface area contributed by atoms with E-state index in [0.717, 1.165) is 0 Å². The van der Waals surface area contributed by atoms with E-state index in [1.165, 1.54) is 13.8 Å². The molecule has 2 N–H and O–H groups in total. The lowest BCUT2D eigenvalue weighted by Crippen LogP contribution is -2.74. The standard InChI is InChI=1S/C49H54O13/c1-28-34(60-45(56)39(54)36(31-17-10-7-11-18-31)38(53)32-19-12-8-13-20-32)27-49(57)43(61-44(55)33-21-14-9-15-22-33)41-47(6,24-16-25-48(41)26-23-35(52)62-48)42(59-30(3)51)40(58-29(2)50)37(28)46(49,4)5/h7-15,17-22,34,36,39-43,54,57H,16,23-27H2,1-6H3/t34-,36+,39+,40+,41?,42-,43-,47+,48+,49+/m0/s1. The first-order chi connectivity index (χ1) is 29.3. The van der Waals surface area contributed by atoms with Gasteiger partial charge in [-0.3, -0.25) is 19.2 Å². The molecular weight excluding hydrogens is 797 g/mol. The van der Waals surface area contributed by atoms with Gasteiger partial charge in [0.05, 0.1) is 11.5 Å². The van der Waals surface area contributed by atoms with E-state index in [1.54, 1.807) is 112 Å². The number of hydrogen-bond donors (Lipinski definition) is 2. The lowest BCUT2D eigenvalue weighted by molar-refractivity contribution is -0.271. The van der Waals surface area contributed by atoms with Gasteiger partial charge in [0.2, 0.25) is 0 Å². The number of ketones is 1. The molecule has 13 nitrogen and oxygen atoms in total. The highest BCUT2D eigenvalue weighted by Gasteiger charge is 2.73. The Balaban J connectivity index is 1.43. The van der Waals surface area contributed by atoms with Gasteiger partial charge in [0.15, 0.2) is 18.0 Å². The minimum atomic E-state index is -2.20. The molecule has 62 heavy (non-hydrogen) atoms. The van der Waals surface area contributed by atoms with Crippen molar-refractivity contribution in [2.75, 3.05) is 0 Å². The second-order valence-electron chi connectivity index (χ2n) is 18.0. The van der Waals surface area contributed by atoms with Crippen LogP contribution in [-0.2, 0) is 42.9 Å². The van der Waals surface area contributed by atoms with Crippen LogP contribution in [-0.4, -0.2) is 87.6 Å². The first-order valence-corrected chi connectivity index (χ1v) is 21.1. The van der Waals surface area contributed by atoms with Gasteiger partial charge in [0, 0.05) is 49.0 Å². The Bertz CT molecular complexity index is 2250. The number of benzene rings is 3. The first kappa shape index (κ1) is 44.4. The Morgan fingerprint density at radius 2 is 1.32 bits per heavy atom. The number of carbonyl (C=O) groups excluding carboxylic acids is 6. The number of carbonyl (C=O) groups is 6. The number of aliphatic hydroxyl groups excluding tert-OH is 1. The minimum Gasteiger partial charge on any atom is -0.459 e. The van der Waals surface area contributed by atoms with Crippen molar-refractivity contribution in [3.63, 3.8) is 0 Å². The lowest BCUT2D eigenvalue weighted by Gasteiger charge is -2.64. The van der Waals surface area contributed by atoms with Crippen molar-refractivity contribution in [3.8, 4) is 0 Å². The fraction of sp³-hybridized carbons (Fsp3) is 0.469. The quantitative estimate of drug-likeness (QED) is 0.0990. The molecule has 1 saturated heterocycles. The zero-order chi connectivity index (χ0) is 44.8. The second kappa shape index (κ2) is 16.9. The average molecular weight is 851 g/mol. The van der Waals surface area contributed by atoms with Gasteiger partial charge in [-0.15, -0.1) is 0 Å². The van der Waals surface area contributed by atoms with Crippen molar-refractivity contribution in [3.05, 3.63) is 119 Å². The highest BCUT2D eigenvalue weighted by molar-refractivity contribution is 6.04. The second-order valence-corrected chi connectivity index (χ2v) is 18.0. The smallest absolute Gasteiger partial charge is 0.338 e.